The lowest BCUT2D eigenvalue weighted by Gasteiger charge is -2.20. The lowest BCUT2D eigenvalue weighted by molar-refractivity contribution is -0.193. The number of aromatic nitrogens is 4. The molecule has 0 saturated carbocycles. The van der Waals surface area contributed by atoms with Crippen LogP contribution in [-0.2, 0) is 14.4 Å². The number of hydrogen-bond acceptors (Lipinski definition) is 9. The van der Waals surface area contributed by atoms with Crippen molar-refractivity contribution in [1.29, 1.82) is 0 Å². The second-order valence-corrected chi connectivity index (χ2v) is 10.9. The number of carboxylic acids is 2. The number of aromatic amines is 1. The van der Waals surface area contributed by atoms with Crippen LogP contribution in [0.5, 0.6) is 11.5 Å². The van der Waals surface area contributed by atoms with E-state index in [1.165, 1.54) is 0 Å². The van der Waals surface area contributed by atoms with Gasteiger partial charge in [0.25, 0.3) is 5.91 Å². The van der Waals surface area contributed by atoms with E-state index in [2.05, 4.69) is 20.8 Å². The van der Waals surface area contributed by atoms with E-state index in [1.807, 2.05) is 45.9 Å². The summed E-state index contributed by atoms with van der Waals surface area (Å²) < 4.78 is 74.8. The molecule has 0 aliphatic heterocycles. The summed E-state index contributed by atoms with van der Waals surface area (Å²) in [6.45, 7) is 8.04. The Balaban J connectivity index is 0.000000500. The SMILES string of the molecule is CCOc1cc2c(Nc3cn[nH]c3)nc(-c3cccc(OCC(=O)NC(C)(C)C)c3)nc2cc1Cl.O=C(O)C(F)(F)F.O=C(O)C(F)(F)F. The van der Waals surface area contributed by atoms with Crippen LogP contribution in [0.1, 0.15) is 27.7 Å². The van der Waals surface area contributed by atoms with Crippen molar-refractivity contribution < 1.29 is 60.4 Å². The summed E-state index contributed by atoms with van der Waals surface area (Å²) in [6.07, 6.45) is -6.78. The first-order valence-corrected chi connectivity index (χ1v) is 14.0. The fraction of sp³-hybridized carbons (Fsp3) is 0.310. The van der Waals surface area contributed by atoms with Gasteiger partial charge in [-0.15, -0.1) is 0 Å². The molecule has 0 aliphatic rings. The standard InChI is InChI=1S/C25H27ClN6O3.2C2HF3O2/c1-5-34-21-10-18-20(11-19(21)26)30-23(31-24(18)29-16-12-27-28-13-16)15-7-6-8-17(9-15)35-14-22(33)32-25(2,3)4;2*3-2(4,5)1(6)7/h6-13H,5,14H2,1-4H3,(H,27,28)(H,32,33)(H,29,30,31);2*(H,6,7). The van der Waals surface area contributed by atoms with Crippen LogP contribution >= 0.6 is 11.6 Å². The third kappa shape index (κ3) is 13.4. The lowest BCUT2D eigenvalue weighted by Crippen LogP contribution is -2.43. The van der Waals surface area contributed by atoms with Crippen molar-refractivity contribution in [3.05, 3.63) is 53.8 Å². The summed E-state index contributed by atoms with van der Waals surface area (Å²) in [7, 11) is 0. The quantitative estimate of drug-likeness (QED) is 0.127. The molecule has 0 unspecified atom stereocenters. The molecule has 0 radical (unpaired) electrons. The van der Waals surface area contributed by atoms with Crippen LogP contribution in [0.2, 0.25) is 5.02 Å². The third-order valence-electron chi connectivity index (χ3n) is 5.27. The smallest absolute Gasteiger partial charge is 0.490 e. The maximum absolute atomic E-state index is 12.1. The maximum atomic E-state index is 12.1. The fourth-order valence-corrected chi connectivity index (χ4v) is 3.62. The molecule has 5 N–H and O–H groups in total. The number of carbonyl (C=O) groups is 3. The molecule has 2 aromatic heterocycles. The molecule has 13 nitrogen and oxygen atoms in total. The monoisotopic (exact) mass is 722 g/mol. The van der Waals surface area contributed by atoms with Crippen molar-refractivity contribution in [2.24, 2.45) is 0 Å². The van der Waals surface area contributed by atoms with E-state index in [-0.39, 0.29) is 18.1 Å². The third-order valence-corrected chi connectivity index (χ3v) is 5.57. The van der Waals surface area contributed by atoms with Crippen molar-refractivity contribution >= 4 is 51.9 Å². The Bertz CT molecular complexity index is 1720. The highest BCUT2D eigenvalue weighted by atomic mass is 35.5. The Morgan fingerprint density at radius 1 is 0.939 bits per heavy atom. The number of anilines is 2. The van der Waals surface area contributed by atoms with Crippen molar-refractivity contribution in [3.8, 4) is 22.9 Å². The average Bonchev–Trinajstić information content (AvgIpc) is 3.49. The molecular weight excluding hydrogens is 694 g/mol. The topological polar surface area (TPSA) is 189 Å². The summed E-state index contributed by atoms with van der Waals surface area (Å²) >= 11 is 6.44. The summed E-state index contributed by atoms with van der Waals surface area (Å²) in [5, 5.41) is 28.4. The van der Waals surface area contributed by atoms with Gasteiger partial charge in [0.1, 0.15) is 17.3 Å². The van der Waals surface area contributed by atoms with Gasteiger partial charge in [-0.05, 0) is 52.0 Å². The molecule has 1 amide bonds. The van der Waals surface area contributed by atoms with Crippen LogP contribution in [0, 0.1) is 0 Å². The molecule has 20 heteroatoms. The van der Waals surface area contributed by atoms with Crippen LogP contribution in [0.4, 0.5) is 37.8 Å². The van der Waals surface area contributed by atoms with Gasteiger partial charge in [0.05, 0.1) is 29.0 Å². The number of carbonyl (C=O) groups excluding carboxylic acids is 1. The van der Waals surface area contributed by atoms with Gasteiger partial charge in [-0.3, -0.25) is 9.89 Å². The van der Waals surface area contributed by atoms with E-state index in [1.54, 1.807) is 30.6 Å². The zero-order valence-electron chi connectivity index (χ0n) is 26.0. The minimum atomic E-state index is -5.08. The number of carboxylic acid groups (broad SMARTS) is 2. The molecule has 0 saturated heterocycles. The molecular formula is C29H29ClF6N6O7. The van der Waals surface area contributed by atoms with Crippen LogP contribution in [0.3, 0.4) is 0 Å². The van der Waals surface area contributed by atoms with E-state index in [0.717, 1.165) is 16.6 Å². The Labute approximate surface area is 278 Å². The summed E-state index contributed by atoms with van der Waals surface area (Å²) in [5.41, 5.74) is 1.78. The summed E-state index contributed by atoms with van der Waals surface area (Å²) in [4.78, 5) is 39.4. The first-order chi connectivity index (χ1) is 22.6. The number of rotatable bonds is 8. The molecule has 266 valence electrons. The highest BCUT2D eigenvalue weighted by molar-refractivity contribution is 6.33. The number of H-pyrrole nitrogens is 1. The molecule has 49 heavy (non-hydrogen) atoms. The number of hydrogen-bond donors (Lipinski definition) is 5. The number of nitrogens with zero attached hydrogens (tertiary/aromatic N) is 3. The second kappa shape index (κ2) is 16.7. The molecule has 0 bridgehead atoms. The predicted molar refractivity (Wildman–Crippen MR) is 164 cm³/mol. The molecule has 0 fully saturated rings. The molecule has 2 heterocycles. The van der Waals surface area contributed by atoms with E-state index in [0.29, 0.717) is 40.3 Å². The van der Waals surface area contributed by atoms with Gasteiger partial charge in [0, 0.05) is 22.7 Å². The molecule has 0 aliphatic carbocycles. The Morgan fingerprint density at radius 2 is 1.55 bits per heavy atom. The van der Waals surface area contributed by atoms with E-state index >= 15 is 0 Å². The van der Waals surface area contributed by atoms with Crippen LogP contribution in [-0.4, -0.2) is 79.3 Å². The maximum Gasteiger partial charge on any atom is 0.490 e. The number of nitrogens with one attached hydrogen (secondary N) is 3. The normalized spacial score (nSPS) is 11.3. The first-order valence-electron chi connectivity index (χ1n) is 13.6. The number of benzene rings is 2. The minimum absolute atomic E-state index is 0.0948. The Hall–Kier alpha value is -5.33. The number of aliphatic carboxylic acids is 2. The number of amides is 1. The number of halogens is 7. The zero-order chi connectivity index (χ0) is 37.2. The first kappa shape index (κ1) is 39.8. The molecule has 0 spiro atoms. The van der Waals surface area contributed by atoms with Crippen molar-refractivity contribution in [3.63, 3.8) is 0 Å². The van der Waals surface area contributed by atoms with Crippen molar-refractivity contribution in [1.82, 2.24) is 25.5 Å². The van der Waals surface area contributed by atoms with Crippen molar-refractivity contribution in [2.75, 3.05) is 18.5 Å². The molecule has 0 atom stereocenters. The van der Waals surface area contributed by atoms with Crippen LogP contribution in [0.25, 0.3) is 22.3 Å². The fourth-order valence-electron chi connectivity index (χ4n) is 3.40. The van der Waals surface area contributed by atoms with Gasteiger partial charge in [0.15, 0.2) is 12.4 Å². The highest BCUT2D eigenvalue weighted by Crippen LogP contribution is 2.35. The summed E-state index contributed by atoms with van der Waals surface area (Å²) in [6, 6.07) is 10.9. The minimum Gasteiger partial charge on any atom is -0.492 e. The van der Waals surface area contributed by atoms with Crippen LogP contribution in [0.15, 0.2) is 48.8 Å². The van der Waals surface area contributed by atoms with E-state index < -0.39 is 24.3 Å². The number of alkyl halides is 6. The second-order valence-electron chi connectivity index (χ2n) is 10.5. The van der Waals surface area contributed by atoms with Gasteiger partial charge in [-0.2, -0.15) is 31.4 Å². The van der Waals surface area contributed by atoms with E-state index in [4.69, 9.17) is 50.8 Å². The summed E-state index contributed by atoms with van der Waals surface area (Å²) in [5.74, 6) is -3.59. The van der Waals surface area contributed by atoms with Crippen molar-refractivity contribution in [2.45, 2.75) is 45.6 Å². The lowest BCUT2D eigenvalue weighted by atomic mass is 10.1. The highest BCUT2D eigenvalue weighted by Gasteiger charge is 2.38. The van der Waals surface area contributed by atoms with Gasteiger partial charge in [-0.25, -0.2) is 19.6 Å². The predicted octanol–water partition coefficient (Wildman–Crippen LogP) is 6.38. The zero-order valence-corrected chi connectivity index (χ0v) is 26.7. The van der Waals surface area contributed by atoms with E-state index in [9.17, 15) is 31.1 Å². The van der Waals surface area contributed by atoms with Gasteiger partial charge in [0.2, 0.25) is 0 Å². The number of ether oxygens (including phenoxy) is 2. The molecule has 4 aromatic rings. The number of fused-ring (bicyclic) bond motifs is 1. The average molecular weight is 723 g/mol. The molecule has 4 rings (SSSR count). The largest absolute Gasteiger partial charge is 0.492 e. The van der Waals surface area contributed by atoms with Gasteiger partial charge in [-0.1, -0.05) is 23.7 Å². The Kier molecular flexibility index (Phi) is 13.6. The van der Waals surface area contributed by atoms with Gasteiger partial charge < -0.3 is 30.3 Å². The Morgan fingerprint density at radius 3 is 2.06 bits per heavy atom. The van der Waals surface area contributed by atoms with Gasteiger partial charge >= 0.3 is 24.3 Å². The molecule has 2 aromatic carbocycles. The van der Waals surface area contributed by atoms with Crippen LogP contribution < -0.4 is 20.1 Å².